The molecule has 1 fully saturated rings. The summed E-state index contributed by atoms with van der Waals surface area (Å²) in [5.74, 6) is 1.07. The molecule has 1 saturated heterocycles. The number of rotatable bonds is 4. The fourth-order valence-corrected chi connectivity index (χ4v) is 2.91. The third-order valence-electron chi connectivity index (χ3n) is 4.23. The van der Waals surface area contributed by atoms with E-state index in [0.29, 0.717) is 12.1 Å². The van der Waals surface area contributed by atoms with Crippen LogP contribution < -0.4 is 4.90 Å². The topological polar surface area (TPSA) is 19.4 Å². The summed E-state index contributed by atoms with van der Waals surface area (Å²) in [6.07, 6.45) is 6.01. The van der Waals surface area contributed by atoms with Crippen molar-refractivity contribution in [2.24, 2.45) is 0 Å². The maximum Gasteiger partial charge on any atom is 0.128 e. The predicted octanol–water partition coefficient (Wildman–Crippen LogP) is 3.47. The summed E-state index contributed by atoms with van der Waals surface area (Å²) in [7, 11) is 2.09. The molecule has 2 heterocycles. The minimum Gasteiger partial charge on any atom is -0.360 e. The lowest BCUT2D eigenvalue weighted by atomic mass is 9.95. The van der Waals surface area contributed by atoms with Crippen molar-refractivity contribution in [2.75, 3.05) is 25.0 Å². The molecule has 19 heavy (non-hydrogen) atoms. The molecule has 0 bridgehead atoms. The van der Waals surface area contributed by atoms with Crippen LogP contribution >= 0.6 is 0 Å². The van der Waals surface area contributed by atoms with Crippen LogP contribution in [0.3, 0.4) is 0 Å². The number of hydrogen-bond donors (Lipinski definition) is 0. The molecule has 0 radical (unpaired) electrons. The van der Waals surface area contributed by atoms with Crippen LogP contribution in [-0.2, 0) is 0 Å². The van der Waals surface area contributed by atoms with Crippen LogP contribution in [0.25, 0.3) is 0 Å². The highest BCUT2D eigenvalue weighted by molar-refractivity contribution is 5.38. The van der Waals surface area contributed by atoms with Crippen LogP contribution in [0, 0.1) is 0 Å². The normalized spacial score (nSPS) is 20.8. The Morgan fingerprint density at radius 3 is 2.74 bits per heavy atom. The molecule has 0 unspecified atom stereocenters. The Morgan fingerprint density at radius 1 is 1.37 bits per heavy atom. The number of piperidine rings is 1. The second kappa shape index (κ2) is 6.38. The van der Waals surface area contributed by atoms with Gasteiger partial charge in [0.1, 0.15) is 5.82 Å². The van der Waals surface area contributed by atoms with E-state index in [-0.39, 0.29) is 0 Å². The summed E-state index contributed by atoms with van der Waals surface area (Å²) < 4.78 is 0. The van der Waals surface area contributed by atoms with Gasteiger partial charge in [0, 0.05) is 31.9 Å². The van der Waals surface area contributed by atoms with Crippen LogP contribution in [0.2, 0.25) is 0 Å². The highest BCUT2D eigenvalue weighted by atomic mass is 15.2. The Kier molecular flexibility index (Phi) is 4.81. The smallest absolute Gasteiger partial charge is 0.128 e. The van der Waals surface area contributed by atoms with Gasteiger partial charge < -0.3 is 4.90 Å². The molecule has 1 atom stereocenters. The van der Waals surface area contributed by atoms with Gasteiger partial charge in [-0.3, -0.25) is 4.90 Å². The molecular formula is C16H27N3. The van der Waals surface area contributed by atoms with Crippen LogP contribution in [-0.4, -0.2) is 36.1 Å². The molecule has 106 valence electrons. The molecule has 0 spiro atoms. The third-order valence-corrected chi connectivity index (χ3v) is 4.23. The van der Waals surface area contributed by atoms with Gasteiger partial charge >= 0.3 is 0 Å². The van der Waals surface area contributed by atoms with Gasteiger partial charge in [-0.25, -0.2) is 4.98 Å². The molecule has 0 saturated carbocycles. The van der Waals surface area contributed by atoms with E-state index in [4.69, 9.17) is 0 Å². The second-order valence-electron chi connectivity index (χ2n) is 5.81. The number of likely N-dealkylation sites (tertiary alicyclic amines) is 1. The van der Waals surface area contributed by atoms with Crippen molar-refractivity contribution in [3.05, 3.63) is 23.9 Å². The maximum atomic E-state index is 4.62. The van der Waals surface area contributed by atoms with Gasteiger partial charge in [-0.1, -0.05) is 12.5 Å². The number of pyridine rings is 1. The van der Waals surface area contributed by atoms with Crippen molar-refractivity contribution < 1.29 is 0 Å². The number of nitrogens with zero attached hydrogens (tertiary/aromatic N) is 3. The predicted molar refractivity (Wildman–Crippen MR) is 81.6 cm³/mol. The van der Waals surface area contributed by atoms with Crippen LogP contribution in [0.15, 0.2) is 18.3 Å². The zero-order chi connectivity index (χ0) is 13.8. The van der Waals surface area contributed by atoms with Gasteiger partial charge in [0.15, 0.2) is 0 Å². The van der Waals surface area contributed by atoms with Crippen molar-refractivity contribution in [1.29, 1.82) is 0 Å². The van der Waals surface area contributed by atoms with Crippen molar-refractivity contribution in [2.45, 2.75) is 52.1 Å². The molecule has 2 rings (SSSR count). The first kappa shape index (κ1) is 14.3. The summed E-state index contributed by atoms with van der Waals surface area (Å²) in [6, 6.07) is 5.59. The van der Waals surface area contributed by atoms with Crippen molar-refractivity contribution in [3.63, 3.8) is 0 Å². The van der Waals surface area contributed by atoms with Gasteiger partial charge in [0.2, 0.25) is 0 Å². The van der Waals surface area contributed by atoms with E-state index in [9.17, 15) is 0 Å². The zero-order valence-electron chi connectivity index (χ0n) is 12.8. The summed E-state index contributed by atoms with van der Waals surface area (Å²) in [5, 5.41) is 0. The van der Waals surface area contributed by atoms with Crippen LogP contribution in [0.5, 0.6) is 0 Å². The van der Waals surface area contributed by atoms with E-state index >= 15 is 0 Å². The van der Waals surface area contributed by atoms with Gasteiger partial charge in [0.05, 0.1) is 0 Å². The largest absolute Gasteiger partial charge is 0.360 e. The van der Waals surface area contributed by atoms with E-state index < -0.39 is 0 Å². The van der Waals surface area contributed by atoms with Gasteiger partial charge in [-0.15, -0.1) is 0 Å². The molecule has 1 aliphatic heterocycles. The van der Waals surface area contributed by atoms with E-state index in [1.807, 2.05) is 0 Å². The third kappa shape index (κ3) is 3.27. The first-order valence-corrected chi connectivity index (χ1v) is 7.56. The first-order valence-electron chi connectivity index (χ1n) is 7.56. The second-order valence-corrected chi connectivity index (χ2v) is 5.81. The lowest BCUT2D eigenvalue weighted by Gasteiger charge is -2.38. The summed E-state index contributed by atoms with van der Waals surface area (Å²) >= 11 is 0. The lowest BCUT2D eigenvalue weighted by Crippen LogP contribution is -2.38. The number of aromatic nitrogens is 1. The van der Waals surface area contributed by atoms with Crippen LogP contribution in [0.4, 0.5) is 5.82 Å². The molecule has 0 amide bonds. The maximum absolute atomic E-state index is 4.62. The van der Waals surface area contributed by atoms with Gasteiger partial charge in [-0.2, -0.15) is 0 Å². The fraction of sp³-hybridized carbons (Fsp3) is 0.688. The fourth-order valence-electron chi connectivity index (χ4n) is 2.91. The molecule has 0 aliphatic carbocycles. The average molecular weight is 261 g/mol. The zero-order valence-corrected chi connectivity index (χ0v) is 12.8. The quantitative estimate of drug-likeness (QED) is 0.827. The Bertz CT molecular complexity index is 385. The van der Waals surface area contributed by atoms with E-state index in [2.05, 4.69) is 60.9 Å². The van der Waals surface area contributed by atoms with Gasteiger partial charge in [0.25, 0.3) is 0 Å². The minimum absolute atomic E-state index is 0.558. The number of hydrogen-bond acceptors (Lipinski definition) is 3. The lowest BCUT2D eigenvalue weighted by molar-refractivity contribution is 0.112. The van der Waals surface area contributed by atoms with E-state index in [1.165, 1.54) is 31.4 Å². The average Bonchev–Trinajstić information content (AvgIpc) is 2.46. The molecule has 3 heteroatoms. The van der Waals surface area contributed by atoms with Gasteiger partial charge in [-0.05, 0) is 51.8 Å². The van der Waals surface area contributed by atoms with Crippen molar-refractivity contribution in [3.8, 4) is 0 Å². The molecule has 1 aliphatic rings. The Hall–Kier alpha value is -1.09. The highest BCUT2D eigenvalue weighted by Gasteiger charge is 2.25. The number of anilines is 1. The summed E-state index contributed by atoms with van der Waals surface area (Å²) in [6.45, 7) is 8.96. The van der Waals surface area contributed by atoms with Crippen molar-refractivity contribution in [1.82, 2.24) is 9.88 Å². The molecule has 1 aromatic rings. The Labute approximate surface area is 117 Å². The van der Waals surface area contributed by atoms with E-state index in [0.717, 1.165) is 12.4 Å². The van der Waals surface area contributed by atoms with E-state index in [1.54, 1.807) is 0 Å². The minimum atomic E-state index is 0.558. The monoisotopic (exact) mass is 261 g/mol. The first-order chi connectivity index (χ1) is 9.13. The Morgan fingerprint density at radius 2 is 2.16 bits per heavy atom. The van der Waals surface area contributed by atoms with Crippen molar-refractivity contribution >= 4 is 5.82 Å². The molecule has 0 N–H and O–H groups in total. The standard InChI is InChI=1S/C16H27N3/c1-5-18(4)16-10-9-14(12-17-16)15-8-6-7-11-19(15)13(2)3/h9-10,12-13,15H,5-8,11H2,1-4H3/t15-/m1/s1. The summed E-state index contributed by atoms with van der Waals surface area (Å²) in [5.41, 5.74) is 1.38. The molecule has 0 aromatic carbocycles. The van der Waals surface area contributed by atoms with Crippen LogP contribution in [0.1, 0.15) is 51.6 Å². The highest BCUT2D eigenvalue weighted by Crippen LogP contribution is 2.32. The molecule has 3 nitrogen and oxygen atoms in total. The molecular weight excluding hydrogens is 234 g/mol. The molecule has 1 aromatic heterocycles. The Balaban J connectivity index is 2.15. The SMILES string of the molecule is CCN(C)c1ccc([C@H]2CCCCN2C(C)C)cn1. The summed E-state index contributed by atoms with van der Waals surface area (Å²) in [4.78, 5) is 9.40.